The molecule has 0 aromatic carbocycles. The molecule has 1 heterocycles. The predicted octanol–water partition coefficient (Wildman–Crippen LogP) is 1.39. The van der Waals surface area contributed by atoms with E-state index in [2.05, 4.69) is 14.3 Å². The van der Waals surface area contributed by atoms with Crippen LogP contribution in [0, 0.1) is 0 Å². The van der Waals surface area contributed by atoms with Gasteiger partial charge in [-0.25, -0.2) is 4.72 Å². The van der Waals surface area contributed by atoms with Crippen molar-refractivity contribution < 1.29 is 13.2 Å². The van der Waals surface area contributed by atoms with Crippen LogP contribution in [0.3, 0.4) is 0 Å². The lowest BCUT2D eigenvalue weighted by molar-refractivity contribution is -0.0349. The highest BCUT2D eigenvalue weighted by Crippen LogP contribution is 2.34. The summed E-state index contributed by atoms with van der Waals surface area (Å²) in [7, 11) is -3.40. The topological polar surface area (TPSA) is 70.7 Å². The van der Waals surface area contributed by atoms with Gasteiger partial charge in [-0.15, -0.1) is 0 Å². The van der Waals surface area contributed by atoms with Gasteiger partial charge in [0.1, 0.15) is 0 Å². The molecule has 0 bridgehead atoms. The van der Waals surface area contributed by atoms with Crippen molar-refractivity contribution >= 4 is 10.2 Å². The summed E-state index contributed by atoms with van der Waals surface area (Å²) in [4.78, 5) is 2.47. The predicted molar refractivity (Wildman–Crippen MR) is 90.5 cm³/mol. The molecule has 134 valence electrons. The Bertz CT molecular complexity index is 465. The summed E-state index contributed by atoms with van der Waals surface area (Å²) in [5.41, 5.74) is -0.0214. The molecule has 0 radical (unpaired) electrons. The first-order valence-corrected chi connectivity index (χ1v) is 10.7. The Morgan fingerprint density at radius 2 is 1.65 bits per heavy atom. The largest absolute Gasteiger partial charge is 0.379 e. The third kappa shape index (κ3) is 4.66. The summed E-state index contributed by atoms with van der Waals surface area (Å²) in [5, 5.41) is 0. The molecule has 2 N–H and O–H groups in total. The minimum Gasteiger partial charge on any atom is -0.379 e. The maximum Gasteiger partial charge on any atom is 0.277 e. The molecule has 3 aliphatic rings. The van der Waals surface area contributed by atoms with Crippen LogP contribution in [0.25, 0.3) is 0 Å². The second-order valence-corrected chi connectivity index (χ2v) is 8.84. The molecule has 23 heavy (non-hydrogen) atoms. The highest BCUT2D eigenvalue weighted by atomic mass is 32.2. The molecule has 2 saturated carbocycles. The number of rotatable bonds is 6. The third-order valence-electron chi connectivity index (χ3n) is 5.73. The minimum atomic E-state index is -3.40. The maximum absolute atomic E-state index is 12.4. The molecular weight excluding hydrogens is 314 g/mol. The number of nitrogens with zero attached hydrogens (tertiary/aromatic N) is 1. The van der Waals surface area contributed by atoms with E-state index in [9.17, 15) is 8.42 Å². The van der Waals surface area contributed by atoms with E-state index in [0.29, 0.717) is 6.54 Å². The van der Waals surface area contributed by atoms with Crippen molar-refractivity contribution in [3.05, 3.63) is 0 Å². The molecular formula is C16H31N3O3S. The summed E-state index contributed by atoms with van der Waals surface area (Å²) >= 11 is 0. The van der Waals surface area contributed by atoms with Gasteiger partial charge in [0.25, 0.3) is 10.2 Å². The molecule has 0 amide bonds. The first-order chi connectivity index (χ1) is 11.1. The van der Waals surface area contributed by atoms with E-state index in [4.69, 9.17) is 4.74 Å². The number of hydrogen-bond donors (Lipinski definition) is 2. The molecule has 2 aliphatic carbocycles. The maximum atomic E-state index is 12.4. The number of nitrogens with one attached hydrogen (secondary N) is 2. The van der Waals surface area contributed by atoms with Crippen LogP contribution < -0.4 is 9.44 Å². The Balaban J connectivity index is 1.61. The van der Waals surface area contributed by atoms with E-state index in [0.717, 1.165) is 64.8 Å². The molecule has 6 nitrogen and oxygen atoms in total. The van der Waals surface area contributed by atoms with Crippen LogP contribution in [0.1, 0.15) is 57.8 Å². The monoisotopic (exact) mass is 345 g/mol. The van der Waals surface area contributed by atoms with Gasteiger partial charge >= 0.3 is 0 Å². The average Bonchev–Trinajstić information content (AvgIpc) is 3.07. The van der Waals surface area contributed by atoms with Gasteiger partial charge in [0.15, 0.2) is 0 Å². The highest BCUT2D eigenvalue weighted by molar-refractivity contribution is 7.87. The number of hydrogen-bond acceptors (Lipinski definition) is 4. The molecule has 3 rings (SSSR count). The average molecular weight is 346 g/mol. The van der Waals surface area contributed by atoms with Crippen molar-refractivity contribution in [2.24, 2.45) is 0 Å². The number of ether oxygens (including phenoxy) is 1. The van der Waals surface area contributed by atoms with Crippen LogP contribution in [-0.2, 0) is 14.9 Å². The molecule has 7 heteroatoms. The zero-order chi connectivity index (χ0) is 16.2. The van der Waals surface area contributed by atoms with E-state index in [1.165, 1.54) is 19.3 Å². The van der Waals surface area contributed by atoms with Gasteiger partial charge in [-0.05, 0) is 25.7 Å². The smallest absolute Gasteiger partial charge is 0.277 e. The van der Waals surface area contributed by atoms with Gasteiger partial charge in [-0.3, -0.25) is 4.90 Å². The Hall–Kier alpha value is -0.210. The Morgan fingerprint density at radius 3 is 2.30 bits per heavy atom. The molecule has 0 spiro atoms. The molecule has 1 aliphatic heterocycles. The van der Waals surface area contributed by atoms with E-state index in [1.807, 2.05) is 0 Å². The number of morpholine rings is 1. The normalized spacial score (nSPS) is 27.3. The van der Waals surface area contributed by atoms with E-state index in [1.54, 1.807) is 0 Å². The van der Waals surface area contributed by atoms with Crippen LogP contribution in [0.2, 0.25) is 0 Å². The molecule has 0 atom stereocenters. The second kappa shape index (κ2) is 7.78. The lowest BCUT2D eigenvalue weighted by atomic mass is 9.80. The van der Waals surface area contributed by atoms with Crippen molar-refractivity contribution in [2.45, 2.75) is 69.4 Å². The van der Waals surface area contributed by atoms with E-state index in [-0.39, 0.29) is 11.6 Å². The second-order valence-electron chi connectivity index (χ2n) is 7.31. The fraction of sp³-hybridized carbons (Fsp3) is 1.00. The first kappa shape index (κ1) is 17.6. The van der Waals surface area contributed by atoms with Gasteiger partial charge in [-0.1, -0.05) is 32.1 Å². The van der Waals surface area contributed by atoms with Crippen molar-refractivity contribution in [1.29, 1.82) is 0 Å². The fourth-order valence-corrected chi connectivity index (χ4v) is 5.60. The fourth-order valence-electron chi connectivity index (χ4n) is 4.39. The van der Waals surface area contributed by atoms with E-state index >= 15 is 0 Å². The zero-order valence-electron chi connectivity index (χ0n) is 14.1. The van der Waals surface area contributed by atoms with Crippen LogP contribution in [0.5, 0.6) is 0 Å². The summed E-state index contributed by atoms with van der Waals surface area (Å²) in [6.07, 6.45) is 10.0. The van der Waals surface area contributed by atoms with Gasteiger partial charge in [-0.2, -0.15) is 13.1 Å². The lowest BCUT2D eigenvalue weighted by Gasteiger charge is -2.48. The Labute approximate surface area is 140 Å². The van der Waals surface area contributed by atoms with Crippen LogP contribution in [0.4, 0.5) is 0 Å². The van der Waals surface area contributed by atoms with Gasteiger partial charge in [0.2, 0.25) is 0 Å². The molecule has 3 fully saturated rings. The Kier molecular flexibility index (Phi) is 5.96. The van der Waals surface area contributed by atoms with Gasteiger partial charge in [0, 0.05) is 31.2 Å². The summed E-state index contributed by atoms with van der Waals surface area (Å²) in [6, 6.07) is 0.123. The third-order valence-corrected chi connectivity index (χ3v) is 6.90. The van der Waals surface area contributed by atoms with Crippen LogP contribution in [-0.4, -0.2) is 57.7 Å². The van der Waals surface area contributed by atoms with E-state index < -0.39 is 10.2 Å². The minimum absolute atomic E-state index is 0.0214. The molecule has 1 saturated heterocycles. The van der Waals surface area contributed by atoms with Crippen molar-refractivity contribution in [2.75, 3.05) is 32.8 Å². The molecule has 0 aromatic rings. The summed E-state index contributed by atoms with van der Waals surface area (Å²) < 4.78 is 36.0. The lowest BCUT2D eigenvalue weighted by Crippen LogP contribution is -2.60. The van der Waals surface area contributed by atoms with Crippen molar-refractivity contribution in [3.8, 4) is 0 Å². The van der Waals surface area contributed by atoms with Crippen molar-refractivity contribution in [3.63, 3.8) is 0 Å². The quantitative estimate of drug-likeness (QED) is 0.763. The standard InChI is InChI=1S/C16H31N3O3S/c20-23(21,18-15-6-2-3-7-15)17-14-16(8-4-1-5-9-16)19-10-12-22-13-11-19/h15,17-18H,1-14H2. The van der Waals surface area contributed by atoms with Crippen LogP contribution in [0.15, 0.2) is 0 Å². The summed E-state index contributed by atoms with van der Waals surface area (Å²) in [5.74, 6) is 0. The van der Waals surface area contributed by atoms with Gasteiger partial charge < -0.3 is 4.74 Å². The highest BCUT2D eigenvalue weighted by Gasteiger charge is 2.39. The first-order valence-electron chi connectivity index (χ1n) is 9.19. The Morgan fingerprint density at radius 1 is 1.00 bits per heavy atom. The van der Waals surface area contributed by atoms with Crippen LogP contribution >= 0.6 is 0 Å². The summed E-state index contributed by atoms with van der Waals surface area (Å²) in [6.45, 7) is 3.87. The zero-order valence-corrected chi connectivity index (χ0v) is 14.9. The molecule has 0 unspecified atom stereocenters. The SMILES string of the molecule is O=S(=O)(NCC1(N2CCOCC2)CCCCC1)NC1CCCC1. The van der Waals surface area contributed by atoms with Crippen molar-refractivity contribution in [1.82, 2.24) is 14.3 Å². The van der Waals surface area contributed by atoms with Gasteiger partial charge in [0.05, 0.1) is 13.2 Å². The molecule has 0 aromatic heterocycles.